The van der Waals surface area contributed by atoms with Crippen LogP contribution in [0.2, 0.25) is 5.02 Å². The van der Waals surface area contributed by atoms with E-state index in [4.69, 9.17) is 21.1 Å². The summed E-state index contributed by atoms with van der Waals surface area (Å²) < 4.78 is 11.6. The highest BCUT2D eigenvalue weighted by molar-refractivity contribution is 6.31. The summed E-state index contributed by atoms with van der Waals surface area (Å²) in [7, 11) is 4.67. The number of aromatic nitrogens is 3. The summed E-state index contributed by atoms with van der Waals surface area (Å²) in [6.45, 7) is 3.72. The summed E-state index contributed by atoms with van der Waals surface area (Å²) in [6, 6.07) is 10.9. The van der Waals surface area contributed by atoms with E-state index in [2.05, 4.69) is 9.97 Å². The highest BCUT2D eigenvalue weighted by atomic mass is 35.5. The summed E-state index contributed by atoms with van der Waals surface area (Å²) in [5, 5.41) is 0.558. The lowest BCUT2D eigenvalue weighted by molar-refractivity contribution is 0.0514. The molecule has 0 saturated heterocycles. The lowest BCUT2D eigenvalue weighted by Gasteiger charge is -2.32. The van der Waals surface area contributed by atoms with Crippen molar-refractivity contribution in [2.24, 2.45) is 7.05 Å². The van der Waals surface area contributed by atoms with E-state index in [9.17, 15) is 9.59 Å². The molecule has 1 unspecified atom stereocenters. The highest BCUT2D eigenvalue weighted by Crippen LogP contribution is 2.35. The van der Waals surface area contributed by atoms with Crippen LogP contribution in [0.1, 0.15) is 40.3 Å². The van der Waals surface area contributed by atoms with Crippen LogP contribution in [-0.2, 0) is 11.8 Å². The molecule has 2 heterocycles. The Hall–Kier alpha value is -3.39. The first-order valence-corrected chi connectivity index (χ1v) is 10.4. The van der Waals surface area contributed by atoms with Crippen LogP contribution >= 0.6 is 11.6 Å². The predicted octanol–water partition coefficient (Wildman–Crippen LogP) is 3.55. The third-order valence-corrected chi connectivity index (χ3v) is 5.38. The van der Waals surface area contributed by atoms with Gasteiger partial charge >= 0.3 is 5.97 Å². The molecule has 0 aliphatic rings. The van der Waals surface area contributed by atoms with Gasteiger partial charge in [0.1, 0.15) is 0 Å². The van der Waals surface area contributed by atoms with E-state index >= 15 is 0 Å². The first-order valence-electron chi connectivity index (χ1n) is 10.0. The van der Waals surface area contributed by atoms with Crippen molar-refractivity contribution in [1.82, 2.24) is 14.5 Å². The second kappa shape index (κ2) is 9.82. The molecule has 32 heavy (non-hydrogen) atoms. The van der Waals surface area contributed by atoms with E-state index in [1.165, 1.54) is 11.7 Å². The molecule has 3 rings (SSSR count). The van der Waals surface area contributed by atoms with Gasteiger partial charge in [-0.3, -0.25) is 14.3 Å². The topological polar surface area (TPSA) is 86.5 Å². The summed E-state index contributed by atoms with van der Waals surface area (Å²) in [5.74, 6) is -0.652. The van der Waals surface area contributed by atoms with Gasteiger partial charge in [-0.1, -0.05) is 29.8 Å². The number of ether oxygens (including phenoxy) is 2. The average Bonchev–Trinajstić information content (AvgIpc) is 2.77. The van der Waals surface area contributed by atoms with Gasteiger partial charge in [-0.2, -0.15) is 0 Å². The Labute approximate surface area is 191 Å². The van der Waals surface area contributed by atoms with Gasteiger partial charge < -0.3 is 14.4 Å². The molecule has 0 aliphatic heterocycles. The van der Waals surface area contributed by atoms with Crippen LogP contribution in [0.15, 0.2) is 47.4 Å². The number of esters is 1. The Morgan fingerprint density at radius 1 is 1.28 bits per heavy atom. The number of pyridine rings is 1. The number of halogens is 1. The fraction of sp³-hybridized carbons (Fsp3) is 0.304. The maximum Gasteiger partial charge on any atom is 0.361 e. The molecule has 0 aliphatic carbocycles. The molecular formula is C23H25ClN4O4. The molecule has 2 aromatic heterocycles. The quantitative estimate of drug-likeness (QED) is 0.502. The predicted molar refractivity (Wildman–Crippen MR) is 123 cm³/mol. The smallest absolute Gasteiger partial charge is 0.361 e. The third kappa shape index (κ3) is 4.45. The van der Waals surface area contributed by atoms with Crippen molar-refractivity contribution in [3.63, 3.8) is 0 Å². The van der Waals surface area contributed by atoms with Crippen molar-refractivity contribution < 1.29 is 14.3 Å². The molecular weight excluding hydrogens is 432 g/mol. The largest absolute Gasteiger partial charge is 0.489 e. The van der Waals surface area contributed by atoms with Crippen molar-refractivity contribution in [2.75, 3.05) is 25.7 Å². The van der Waals surface area contributed by atoms with Crippen molar-refractivity contribution in [2.45, 2.75) is 19.9 Å². The Bertz CT molecular complexity index is 1190. The first kappa shape index (κ1) is 23.3. The number of anilines is 1. The third-order valence-electron chi connectivity index (χ3n) is 5.04. The molecule has 0 saturated carbocycles. The fourth-order valence-electron chi connectivity index (χ4n) is 3.57. The standard InChI is InChI=1S/C23H25ClN4O4/c1-6-32-22(30)18-20(31-5)21(29)28(4)23(26-18)27(3)19(15-11-12-25-14(2)13-15)16-9-7-8-10-17(16)24/h7-13,19H,6H2,1-5H3. The van der Waals surface area contributed by atoms with E-state index < -0.39 is 17.6 Å². The Morgan fingerprint density at radius 2 is 2.00 bits per heavy atom. The molecule has 0 radical (unpaired) electrons. The van der Waals surface area contributed by atoms with E-state index in [0.29, 0.717) is 5.02 Å². The zero-order valence-corrected chi connectivity index (χ0v) is 19.4. The van der Waals surface area contributed by atoms with Crippen molar-refractivity contribution in [3.05, 3.63) is 80.5 Å². The fourth-order valence-corrected chi connectivity index (χ4v) is 3.81. The van der Waals surface area contributed by atoms with Crippen molar-refractivity contribution >= 4 is 23.5 Å². The van der Waals surface area contributed by atoms with Crippen LogP contribution in [0.4, 0.5) is 5.95 Å². The van der Waals surface area contributed by atoms with Gasteiger partial charge in [-0.05, 0) is 43.2 Å². The Balaban J connectivity index is 2.25. The van der Waals surface area contributed by atoms with E-state index in [1.807, 2.05) is 37.3 Å². The van der Waals surface area contributed by atoms with Crippen molar-refractivity contribution in [3.8, 4) is 5.75 Å². The number of hydrogen-bond acceptors (Lipinski definition) is 7. The minimum atomic E-state index is -0.731. The first-order chi connectivity index (χ1) is 15.3. The number of methoxy groups -OCH3 is 1. The lowest BCUT2D eigenvalue weighted by atomic mass is 9.97. The number of carbonyl (C=O) groups excluding carboxylic acids is 1. The molecule has 9 heteroatoms. The van der Waals surface area contributed by atoms with Gasteiger partial charge in [-0.15, -0.1) is 0 Å². The Morgan fingerprint density at radius 3 is 2.62 bits per heavy atom. The number of rotatable bonds is 7. The van der Waals surface area contributed by atoms with Gasteiger partial charge in [0, 0.05) is 31.0 Å². The highest BCUT2D eigenvalue weighted by Gasteiger charge is 2.29. The summed E-state index contributed by atoms with van der Waals surface area (Å²) in [4.78, 5) is 36.1. The van der Waals surface area contributed by atoms with Crippen LogP contribution in [0.3, 0.4) is 0 Å². The zero-order valence-electron chi connectivity index (χ0n) is 18.6. The SMILES string of the molecule is CCOC(=O)c1nc(N(C)C(c2ccnc(C)c2)c2ccccc2Cl)n(C)c(=O)c1OC. The summed E-state index contributed by atoms with van der Waals surface area (Å²) in [6.07, 6.45) is 1.72. The minimum Gasteiger partial charge on any atom is -0.489 e. The molecule has 0 N–H and O–H groups in total. The van der Waals surface area contributed by atoms with Crippen LogP contribution in [0, 0.1) is 6.92 Å². The normalized spacial score (nSPS) is 11.7. The van der Waals surface area contributed by atoms with Crippen LogP contribution < -0.4 is 15.2 Å². The second-order valence-corrected chi connectivity index (χ2v) is 7.55. The number of aryl methyl sites for hydroxylation is 1. The molecule has 3 aromatic rings. The van der Waals surface area contributed by atoms with Gasteiger partial charge in [0.15, 0.2) is 5.69 Å². The number of benzene rings is 1. The van der Waals surface area contributed by atoms with Gasteiger partial charge in [0.25, 0.3) is 5.56 Å². The summed E-state index contributed by atoms with van der Waals surface area (Å²) >= 11 is 6.56. The van der Waals surface area contributed by atoms with E-state index in [0.717, 1.165) is 16.8 Å². The van der Waals surface area contributed by atoms with Gasteiger partial charge in [-0.25, -0.2) is 9.78 Å². The minimum absolute atomic E-state index is 0.141. The van der Waals surface area contributed by atoms with E-state index in [1.54, 1.807) is 38.2 Å². The Kier molecular flexibility index (Phi) is 7.15. The van der Waals surface area contributed by atoms with Crippen molar-refractivity contribution in [1.29, 1.82) is 0 Å². The van der Waals surface area contributed by atoms with Gasteiger partial charge in [0.2, 0.25) is 11.7 Å². The number of carbonyl (C=O) groups is 1. The zero-order chi connectivity index (χ0) is 23.4. The average molecular weight is 457 g/mol. The summed E-state index contributed by atoms with van der Waals surface area (Å²) in [5.41, 5.74) is 1.86. The number of hydrogen-bond donors (Lipinski definition) is 0. The molecule has 0 spiro atoms. The molecule has 1 atom stereocenters. The van der Waals surface area contributed by atoms with Crippen LogP contribution in [-0.4, -0.2) is 41.3 Å². The molecule has 1 aromatic carbocycles. The molecule has 0 fully saturated rings. The van der Waals surface area contributed by atoms with Crippen LogP contribution in [0.5, 0.6) is 5.75 Å². The maximum atomic E-state index is 13.0. The molecule has 0 bridgehead atoms. The monoisotopic (exact) mass is 456 g/mol. The maximum absolute atomic E-state index is 13.0. The van der Waals surface area contributed by atoms with Gasteiger partial charge in [0.05, 0.1) is 19.8 Å². The number of nitrogens with zero attached hydrogens (tertiary/aromatic N) is 4. The van der Waals surface area contributed by atoms with Crippen LogP contribution in [0.25, 0.3) is 0 Å². The molecule has 168 valence electrons. The van der Waals surface area contributed by atoms with E-state index in [-0.39, 0.29) is 24.0 Å². The lowest BCUT2D eigenvalue weighted by Crippen LogP contribution is -2.34. The second-order valence-electron chi connectivity index (χ2n) is 7.14. The molecule has 8 nitrogen and oxygen atoms in total. The molecule has 0 amide bonds.